The van der Waals surface area contributed by atoms with Gasteiger partial charge >= 0.3 is 0 Å². The summed E-state index contributed by atoms with van der Waals surface area (Å²) in [6.45, 7) is 1.72. The molecule has 0 fully saturated rings. The van der Waals surface area contributed by atoms with Crippen LogP contribution in [0.5, 0.6) is 5.75 Å². The lowest BCUT2D eigenvalue weighted by atomic mass is 10.2. The Morgan fingerprint density at radius 3 is 2.20 bits per heavy atom. The fourth-order valence-electron chi connectivity index (χ4n) is 1.81. The van der Waals surface area contributed by atoms with E-state index in [1.807, 2.05) is 0 Å². The number of methoxy groups -OCH3 is 1. The second kappa shape index (κ2) is 6.88. The van der Waals surface area contributed by atoms with E-state index in [0.29, 0.717) is 23.1 Å². The molecule has 2 aromatic carbocycles. The molecule has 0 saturated heterocycles. The molecule has 133 valence electrons. The Labute approximate surface area is 144 Å². The first kappa shape index (κ1) is 19.0. The summed E-state index contributed by atoms with van der Waals surface area (Å²) >= 11 is 0. The van der Waals surface area contributed by atoms with E-state index in [4.69, 9.17) is 9.29 Å². The average molecular weight is 385 g/mol. The predicted octanol–water partition coefficient (Wildman–Crippen LogP) is 2.71. The molecule has 0 aromatic heterocycles. The van der Waals surface area contributed by atoms with Crippen LogP contribution in [0.25, 0.3) is 0 Å². The lowest BCUT2D eigenvalue weighted by molar-refractivity contribution is 0.414. The predicted molar refractivity (Wildman–Crippen MR) is 86.8 cm³/mol. The molecule has 2 N–H and O–H groups in total. The van der Waals surface area contributed by atoms with Gasteiger partial charge in [0.15, 0.2) is 0 Å². The van der Waals surface area contributed by atoms with Crippen LogP contribution in [0.3, 0.4) is 0 Å². The molecule has 0 saturated carbocycles. The maximum absolute atomic E-state index is 11.5. The van der Waals surface area contributed by atoms with Crippen LogP contribution >= 0.6 is 0 Å². The first-order chi connectivity index (χ1) is 11.5. The minimum Gasteiger partial charge on any atom is -0.496 e. The molecule has 0 heterocycles. The molecule has 0 aliphatic carbocycles. The van der Waals surface area contributed by atoms with Crippen LogP contribution in [0.1, 0.15) is 5.56 Å². The molecule has 11 heteroatoms. The van der Waals surface area contributed by atoms with Crippen molar-refractivity contribution in [3.8, 4) is 5.75 Å². The highest BCUT2D eigenvalue weighted by Gasteiger charge is 2.20. The van der Waals surface area contributed by atoms with Gasteiger partial charge in [0.25, 0.3) is 20.2 Å². The molecule has 0 atom stereocenters. The lowest BCUT2D eigenvalue weighted by Crippen LogP contribution is -2.03. The van der Waals surface area contributed by atoms with Gasteiger partial charge in [-0.05, 0) is 36.8 Å². The summed E-state index contributed by atoms with van der Waals surface area (Å²) in [7, 11) is -8.02. The molecule has 0 unspecified atom stereocenters. The van der Waals surface area contributed by atoms with Crippen LogP contribution in [0.2, 0.25) is 0 Å². The van der Waals surface area contributed by atoms with Gasteiger partial charge in [-0.3, -0.25) is 9.11 Å². The van der Waals surface area contributed by atoms with Crippen LogP contribution in [-0.4, -0.2) is 33.1 Å². The van der Waals surface area contributed by atoms with Crippen LogP contribution in [0.15, 0.2) is 50.4 Å². The van der Waals surface area contributed by atoms with Gasteiger partial charge in [-0.2, -0.15) is 21.9 Å². The molecule has 0 aliphatic rings. The van der Waals surface area contributed by atoms with Crippen molar-refractivity contribution in [2.75, 3.05) is 7.11 Å². The minimum absolute atomic E-state index is 0.305. The van der Waals surface area contributed by atoms with Crippen molar-refractivity contribution in [2.45, 2.75) is 16.7 Å². The molecule has 0 spiro atoms. The highest BCUT2D eigenvalue weighted by molar-refractivity contribution is 7.86. The SMILES string of the molecule is COc1[c]cc(C)c(N=Nc2ccc(S(=O)(=O)O)cc2S(=O)(=O)O)c1. The molecule has 9 nitrogen and oxygen atoms in total. The summed E-state index contributed by atoms with van der Waals surface area (Å²) in [5, 5.41) is 7.63. The van der Waals surface area contributed by atoms with Gasteiger partial charge in [-0.1, -0.05) is 0 Å². The highest BCUT2D eigenvalue weighted by Crippen LogP contribution is 2.30. The first-order valence-electron chi connectivity index (χ1n) is 6.59. The quantitative estimate of drug-likeness (QED) is 0.595. The molecule has 0 amide bonds. The number of nitrogens with zero attached hydrogens (tertiary/aromatic N) is 2. The van der Waals surface area contributed by atoms with Crippen molar-refractivity contribution in [1.82, 2.24) is 0 Å². The molecule has 0 bridgehead atoms. The van der Waals surface area contributed by atoms with E-state index in [9.17, 15) is 21.4 Å². The topological polar surface area (TPSA) is 143 Å². The molecular weight excluding hydrogens is 372 g/mol. The number of azo groups is 1. The summed E-state index contributed by atoms with van der Waals surface area (Å²) in [5.41, 5.74) is 0.726. The summed E-state index contributed by atoms with van der Waals surface area (Å²) in [4.78, 5) is -1.51. The van der Waals surface area contributed by atoms with Crippen molar-refractivity contribution in [3.63, 3.8) is 0 Å². The van der Waals surface area contributed by atoms with Crippen LogP contribution in [-0.2, 0) is 20.2 Å². The van der Waals surface area contributed by atoms with Crippen LogP contribution in [0, 0.1) is 13.0 Å². The average Bonchev–Trinajstić information content (AvgIpc) is 2.52. The molecule has 2 rings (SSSR count). The third-order valence-corrected chi connectivity index (χ3v) is 4.83. The largest absolute Gasteiger partial charge is 0.496 e. The monoisotopic (exact) mass is 385 g/mol. The second-order valence-corrected chi connectivity index (χ2v) is 7.66. The van der Waals surface area contributed by atoms with E-state index in [-0.39, 0.29) is 5.69 Å². The molecule has 0 aliphatic heterocycles. The van der Waals surface area contributed by atoms with E-state index < -0.39 is 30.0 Å². The zero-order valence-corrected chi connectivity index (χ0v) is 14.7. The van der Waals surface area contributed by atoms with Crippen molar-refractivity contribution >= 4 is 31.6 Å². The minimum atomic E-state index is -4.80. The fraction of sp³-hybridized carbons (Fsp3) is 0.143. The van der Waals surface area contributed by atoms with Crippen molar-refractivity contribution in [1.29, 1.82) is 0 Å². The normalized spacial score (nSPS) is 12.5. The summed E-state index contributed by atoms with van der Waals surface area (Å²) in [6, 6.07) is 8.46. The van der Waals surface area contributed by atoms with Gasteiger partial charge in [0.1, 0.15) is 16.3 Å². The number of hydrogen-bond acceptors (Lipinski definition) is 7. The zero-order valence-electron chi connectivity index (χ0n) is 13.0. The summed E-state index contributed by atoms with van der Waals surface area (Å²) < 4.78 is 68.4. The Morgan fingerprint density at radius 2 is 1.64 bits per heavy atom. The maximum atomic E-state index is 11.5. The Balaban J connectivity index is 2.57. The van der Waals surface area contributed by atoms with E-state index in [2.05, 4.69) is 16.3 Å². The fourth-order valence-corrected chi connectivity index (χ4v) is 3.04. The number of rotatable bonds is 5. The molecular formula is C14H13N2O7S2. The van der Waals surface area contributed by atoms with Crippen molar-refractivity contribution in [2.24, 2.45) is 10.2 Å². The molecule has 1 radical (unpaired) electrons. The smallest absolute Gasteiger partial charge is 0.296 e. The van der Waals surface area contributed by atoms with Gasteiger partial charge < -0.3 is 4.74 Å². The number of hydrogen-bond donors (Lipinski definition) is 2. The molecule has 2 aromatic rings. The van der Waals surface area contributed by atoms with Gasteiger partial charge in [0, 0.05) is 12.1 Å². The second-order valence-electron chi connectivity index (χ2n) is 4.85. The summed E-state index contributed by atoms with van der Waals surface area (Å²) in [6.07, 6.45) is 0. The Hall–Kier alpha value is -2.34. The van der Waals surface area contributed by atoms with E-state index in [1.54, 1.807) is 13.0 Å². The van der Waals surface area contributed by atoms with E-state index in [0.717, 1.165) is 12.1 Å². The van der Waals surface area contributed by atoms with Crippen molar-refractivity contribution in [3.05, 3.63) is 42.0 Å². The Kier molecular flexibility index (Phi) is 5.23. The lowest BCUT2D eigenvalue weighted by Gasteiger charge is -2.05. The number of ether oxygens (including phenoxy) is 1. The van der Waals surface area contributed by atoms with Gasteiger partial charge in [-0.25, -0.2) is 0 Å². The van der Waals surface area contributed by atoms with Crippen molar-refractivity contribution < 1.29 is 30.7 Å². The first-order valence-corrected chi connectivity index (χ1v) is 9.47. The third kappa shape index (κ3) is 4.60. The van der Waals surface area contributed by atoms with E-state index in [1.165, 1.54) is 13.2 Å². The van der Waals surface area contributed by atoms with Crippen LogP contribution < -0.4 is 4.74 Å². The Bertz CT molecular complexity index is 1040. The van der Waals surface area contributed by atoms with Gasteiger partial charge in [0.2, 0.25) is 0 Å². The highest BCUT2D eigenvalue weighted by atomic mass is 32.2. The standard InChI is InChI=1S/C14H13N2O7S2/c1-9-3-4-10(23-2)7-13(9)16-15-12-6-5-11(24(17,18)19)8-14(12)25(20,21)22/h3,5-8H,1-2H3,(H,17,18,19)(H,20,21,22). The van der Waals surface area contributed by atoms with E-state index >= 15 is 0 Å². The third-order valence-electron chi connectivity index (χ3n) is 3.10. The van der Waals surface area contributed by atoms with Crippen LogP contribution in [0.4, 0.5) is 11.4 Å². The molecule has 25 heavy (non-hydrogen) atoms. The van der Waals surface area contributed by atoms with Gasteiger partial charge in [0.05, 0.1) is 17.7 Å². The van der Waals surface area contributed by atoms with Gasteiger partial charge in [-0.15, -0.1) is 5.11 Å². The Morgan fingerprint density at radius 1 is 1.00 bits per heavy atom. The number of aryl methyl sites for hydroxylation is 1. The summed E-state index contributed by atoms with van der Waals surface area (Å²) in [5.74, 6) is 0.385. The maximum Gasteiger partial charge on any atom is 0.296 e. The zero-order chi connectivity index (χ0) is 18.8. The number of benzene rings is 2.